The maximum absolute atomic E-state index is 12.8. The van der Waals surface area contributed by atoms with Crippen molar-refractivity contribution in [2.24, 2.45) is 0 Å². The third kappa shape index (κ3) is 6.52. The minimum Gasteiger partial charge on any atom is -0.460 e. The molecule has 26 heavy (non-hydrogen) atoms. The topological polar surface area (TPSA) is 55.4 Å². The predicted octanol–water partition coefficient (Wildman–Crippen LogP) is 4.94. The Hall–Kier alpha value is -1.76. The second-order valence-electron chi connectivity index (χ2n) is 5.35. The van der Waals surface area contributed by atoms with Gasteiger partial charge in [-0.25, -0.2) is 4.39 Å². The number of carbonyl (C=O) groups is 2. The Morgan fingerprint density at radius 1 is 1.19 bits per heavy atom. The summed E-state index contributed by atoms with van der Waals surface area (Å²) in [5.74, 6) is -1.05. The Balaban J connectivity index is 1.75. The molecule has 1 unspecified atom stereocenters. The van der Waals surface area contributed by atoms with Crippen molar-refractivity contribution in [3.05, 3.63) is 63.9 Å². The van der Waals surface area contributed by atoms with Gasteiger partial charge in [-0.05, 0) is 43.3 Å². The fraction of sp³-hybridized carbons (Fsp3) is 0.222. The second kappa shape index (κ2) is 9.80. The molecule has 2 aromatic carbocycles. The summed E-state index contributed by atoms with van der Waals surface area (Å²) in [6.45, 7) is 1.68. The highest BCUT2D eigenvalue weighted by Crippen LogP contribution is 2.22. The van der Waals surface area contributed by atoms with Gasteiger partial charge in [-0.3, -0.25) is 9.59 Å². The van der Waals surface area contributed by atoms with E-state index in [0.29, 0.717) is 21.3 Å². The molecule has 138 valence electrons. The Kier molecular flexibility index (Phi) is 7.75. The molecule has 0 aliphatic heterocycles. The summed E-state index contributed by atoms with van der Waals surface area (Å²) in [6.07, 6.45) is 0. The van der Waals surface area contributed by atoms with E-state index < -0.39 is 11.2 Å². The maximum Gasteiger partial charge on any atom is 0.319 e. The number of hydrogen-bond donors (Lipinski definition) is 1. The molecule has 0 bridgehead atoms. The van der Waals surface area contributed by atoms with Gasteiger partial charge >= 0.3 is 5.97 Å². The van der Waals surface area contributed by atoms with Crippen LogP contribution in [0.15, 0.2) is 42.5 Å². The Morgan fingerprint density at radius 2 is 1.88 bits per heavy atom. The van der Waals surface area contributed by atoms with Crippen LogP contribution in [0, 0.1) is 5.82 Å². The number of halogens is 3. The predicted molar refractivity (Wildman–Crippen MR) is 103 cm³/mol. The van der Waals surface area contributed by atoms with Gasteiger partial charge in [-0.15, -0.1) is 11.8 Å². The summed E-state index contributed by atoms with van der Waals surface area (Å²) in [5.41, 5.74) is 1.14. The van der Waals surface area contributed by atoms with Crippen molar-refractivity contribution in [2.75, 3.05) is 11.1 Å². The van der Waals surface area contributed by atoms with Crippen molar-refractivity contribution in [3.8, 4) is 0 Å². The van der Waals surface area contributed by atoms with Crippen LogP contribution in [0.4, 0.5) is 10.1 Å². The van der Waals surface area contributed by atoms with Crippen LogP contribution >= 0.6 is 35.0 Å². The van der Waals surface area contributed by atoms with Crippen LogP contribution in [0.3, 0.4) is 0 Å². The van der Waals surface area contributed by atoms with Crippen molar-refractivity contribution in [1.82, 2.24) is 0 Å². The van der Waals surface area contributed by atoms with Crippen LogP contribution < -0.4 is 5.32 Å². The fourth-order valence-corrected chi connectivity index (χ4v) is 3.04. The highest BCUT2D eigenvalue weighted by molar-refractivity contribution is 8.01. The van der Waals surface area contributed by atoms with E-state index in [-0.39, 0.29) is 24.1 Å². The van der Waals surface area contributed by atoms with Gasteiger partial charge in [0.2, 0.25) is 5.91 Å². The molecule has 0 saturated carbocycles. The van der Waals surface area contributed by atoms with Gasteiger partial charge in [0.05, 0.1) is 5.75 Å². The molecule has 0 spiro atoms. The first kappa shape index (κ1) is 20.6. The van der Waals surface area contributed by atoms with E-state index in [9.17, 15) is 14.0 Å². The maximum atomic E-state index is 12.8. The minimum atomic E-state index is -0.528. The van der Waals surface area contributed by atoms with E-state index in [4.69, 9.17) is 27.9 Å². The molecule has 0 aliphatic rings. The van der Waals surface area contributed by atoms with Gasteiger partial charge in [0.25, 0.3) is 0 Å². The van der Waals surface area contributed by atoms with Crippen molar-refractivity contribution < 1.29 is 18.7 Å². The molecular weight excluding hydrogens is 400 g/mol. The summed E-state index contributed by atoms with van der Waals surface area (Å²) in [6, 6.07) is 10.4. The first-order valence-electron chi connectivity index (χ1n) is 7.62. The zero-order valence-corrected chi connectivity index (χ0v) is 16.1. The number of amides is 1. The first-order chi connectivity index (χ1) is 12.3. The van der Waals surface area contributed by atoms with Crippen LogP contribution in [-0.2, 0) is 20.9 Å². The molecular formula is C18H16Cl2FNO3S. The highest BCUT2D eigenvalue weighted by Gasteiger charge is 2.17. The normalized spacial score (nSPS) is 11.7. The lowest BCUT2D eigenvalue weighted by Gasteiger charge is -2.12. The molecule has 2 aromatic rings. The molecule has 0 radical (unpaired) electrons. The average molecular weight is 416 g/mol. The van der Waals surface area contributed by atoms with Crippen LogP contribution in [0.5, 0.6) is 0 Å². The van der Waals surface area contributed by atoms with E-state index >= 15 is 0 Å². The third-order valence-corrected chi connectivity index (χ3v) is 5.02. The van der Waals surface area contributed by atoms with Crippen LogP contribution in [0.25, 0.3) is 0 Å². The Bertz CT molecular complexity index is 787. The third-order valence-electron chi connectivity index (χ3n) is 3.31. The highest BCUT2D eigenvalue weighted by atomic mass is 35.5. The molecule has 1 amide bonds. The number of carbonyl (C=O) groups excluding carboxylic acids is 2. The van der Waals surface area contributed by atoms with Gasteiger partial charge in [0.15, 0.2) is 0 Å². The number of esters is 1. The lowest BCUT2D eigenvalue weighted by Crippen LogP contribution is -2.21. The van der Waals surface area contributed by atoms with Crippen molar-refractivity contribution in [1.29, 1.82) is 0 Å². The lowest BCUT2D eigenvalue weighted by atomic mass is 10.2. The molecule has 4 nitrogen and oxygen atoms in total. The first-order valence-corrected chi connectivity index (χ1v) is 9.43. The second-order valence-corrected chi connectivity index (χ2v) is 7.52. The number of nitrogens with one attached hydrogen (secondary N) is 1. The zero-order chi connectivity index (χ0) is 19.1. The summed E-state index contributed by atoms with van der Waals surface area (Å²) in [7, 11) is 0. The Labute approximate surface area is 165 Å². The average Bonchev–Trinajstić information content (AvgIpc) is 2.60. The number of hydrogen-bond acceptors (Lipinski definition) is 4. The van der Waals surface area contributed by atoms with Crippen LogP contribution in [-0.4, -0.2) is 22.9 Å². The van der Waals surface area contributed by atoms with E-state index in [1.807, 2.05) is 0 Å². The molecule has 0 aromatic heterocycles. The van der Waals surface area contributed by atoms with E-state index in [1.165, 1.54) is 24.3 Å². The molecule has 0 aliphatic carbocycles. The summed E-state index contributed by atoms with van der Waals surface area (Å²) >= 11 is 13.0. The summed E-state index contributed by atoms with van der Waals surface area (Å²) in [5, 5.41) is 3.02. The van der Waals surface area contributed by atoms with Crippen LogP contribution in [0.2, 0.25) is 10.0 Å². The smallest absolute Gasteiger partial charge is 0.319 e. The number of ether oxygens (including phenoxy) is 1. The zero-order valence-electron chi connectivity index (χ0n) is 13.8. The molecule has 8 heteroatoms. The van der Waals surface area contributed by atoms with Gasteiger partial charge in [-0.2, -0.15) is 0 Å². The number of thioether (sulfide) groups is 1. The van der Waals surface area contributed by atoms with Crippen molar-refractivity contribution >= 4 is 52.5 Å². The van der Waals surface area contributed by atoms with Gasteiger partial charge in [0.1, 0.15) is 17.7 Å². The minimum absolute atomic E-state index is 0.0293. The quantitative estimate of drug-likeness (QED) is 0.650. The summed E-state index contributed by atoms with van der Waals surface area (Å²) in [4.78, 5) is 23.9. The van der Waals surface area contributed by atoms with Gasteiger partial charge in [0, 0.05) is 21.3 Å². The van der Waals surface area contributed by atoms with E-state index in [0.717, 1.165) is 11.8 Å². The molecule has 0 fully saturated rings. The van der Waals surface area contributed by atoms with Crippen molar-refractivity contribution in [3.63, 3.8) is 0 Å². The number of anilines is 1. The molecule has 0 saturated heterocycles. The van der Waals surface area contributed by atoms with Gasteiger partial charge in [-0.1, -0.05) is 29.3 Å². The monoisotopic (exact) mass is 415 g/mol. The lowest BCUT2D eigenvalue weighted by molar-refractivity contribution is -0.143. The Morgan fingerprint density at radius 3 is 2.54 bits per heavy atom. The molecule has 2 rings (SSSR count). The number of benzene rings is 2. The fourth-order valence-electron chi connectivity index (χ4n) is 1.90. The van der Waals surface area contributed by atoms with Crippen LogP contribution in [0.1, 0.15) is 12.5 Å². The molecule has 0 heterocycles. The largest absolute Gasteiger partial charge is 0.460 e. The van der Waals surface area contributed by atoms with Gasteiger partial charge < -0.3 is 10.1 Å². The van der Waals surface area contributed by atoms with Crippen molar-refractivity contribution in [2.45, 2.75) is 18.8 Å². The SMILES string of the molecule is CC(SCC(=O)Nc1ccc(F)cc1)C(=O)OCc1ccc(Cl)cc1Cl. The van der Waals surface area contributed by atoms with E-state index in [1.54, 1.807) is 25.1 Å². The number of rotatable bonds is 7. The summed E-state index contributed by atoms with van der Waals surface area (Å²) < 4.78 is 18.0. The van der Waals surface area contributed by atoms with E-state index in [2.05, 4.69) is 5.32 Å². The molecule has 1 atom stereocenters. The standard InChI is InChI=1S/C18H16Cl2FNO3S/c1-11(18(24)25-9-12-2-3-13(19)8-16(12)20)26-10-17(23)22-15-6-4-14(21)5-7-15/h2-8,11H,9-10H2,1H3,(H,22,23). The molecule has 1 N–H and O–H groups in total.